The van der Waals surface area contributed by atoms with Crippen LogP contribution in [0.5, 0.6) is 0 Å². The first-order chi connectivity index (χ1) is 13.4. The Hall–Kier alpha value is -3.02. The Balaban J connectivity index is 1.51. The van der Waals surface area contributed by atoms with E-state index in [-0.39, 0.29) is 35.3 Å². The minimum absolute atomic E-state index is 0.0521. The molecule has 0 aromatic heterocycles. The van der Waals surface area contributed by atoms with E-state index in [1.54, 1.807) is 24.3 Å². The molecule has 3 rings (SSSR count). The maximum Gasteiger partial charge on any atom is 0.227 e. The number of rotatable bonds is 5. The van der Waals surface area contributed by atoms with Crippen molar-refractivity contribution in [1.29, 1.82) is 0 Å². The van der Waals surface area contributed by atoms with Crippen LogP contribution in [-0.4, -0.2) is 17.6 Å². The number of anilines is 2. The molecule has 0 unspecified atom stereocenters. The number of hydrogen-bond acceptors (Lipinski definition) is 3. The molecule has 2 aromatic rings. The fourth-order valence-corrected chi connectivity index (χ4v) is 3.46. The van der Waals surface area contributed by atoms with Gasteiger partial charge in [-0.25, -0.2) is 4.39 Å². The Kier molecular flexibility index (Phi) is 6.19. The number of ketones is 1. The molecule has 0 aliphatic heterocycles. The SMILES string of the molecule is CC(=O)c1cccc(NC(=O)C2CCC(C(=O)Nc3ccc(F)cc3)CC2)c1. The first kappa shape index (κ1) is 19.7. The Bertz CT molecular complexity index is 872. The van der Waals surface area contributed by atoms with Crippen molar-refractivity contribution >= 4 is 29.0 Å². The van der Waals surface area contributed by atoms with E-state index in [1.807, 2.05) is 0 Å². The summed E-state index contributed by atoms with van der Waals surface area (Å²) in [7, 11) is 0. The van der Waals surface area contributed by atoms with Gasteiger partial charge in [0.05, 0.1) is 0 Å². The van der Waals surface area contributed by atoms with Gasteiger partial charge < -0.3 is 10.6 Å². The first-order valence-electron chi connectivity index (χ1n) is 9.40. The van der Waals surface area contributed by atoms with E-state index in [0.29, 0.717) is 42.6 Å². The van der Waals surface area contributed by atoms with Crippen LogP contribution < -0.4 is 10.6 Å². The number of halogens is 1. The Morgan fingerprint density at radius 2 is 1.36 bits per heavy atom. The lowest BCUT2D eigenvalue weighted by molar-refractivity contribution is -0.125. The van der Waals surface area contributed by atoms with Gasteiger partial charge in [0.25, 0.3) is 0 Å². The maximum absolute atomic E-state index is 12.9. The molecule has 28 heavy (non-hydrogen) atoms. The highest BCUT2D eigenvalue weighted by Gasteiger charge is 2.30. The van der Waals surface area contributed by atoms with Gasteiger partial charge in [0, 0.05) is 28.8 Å². The number of amides is 2. The molecule has 1 saturated carbocycles. The molecular weight excluding hydrogens is 359 g/mol. The van der Waals surface area contributed by atoms with Crippen molar-refractivity contribution < 1.29 is 18.8 Å². The van der Waals surface area contributed by atoms with Crippen LogP contribution >= 0.6 is 0 Å². The molecular formula is C22H23FN2O3. The Morgan fingerprint density at radius 1 is 0.821 bits per heavy atom. The van der Waals surface area contributed by atoms with E-state index < -0.39 is 0 Å². The molecule has 0 radical (unpaired) electrons. The third kappa shape index (κ3) is 5.03. The predicted molar refractivity (Wildman–Crippen MR) is 106 cm³/mol. The van der Waals surface area contributed by atoms with Crippen molar-refractivity contribution in [3.8, 4) is 0 Å². The van der Waals surface area contributed by atoms with Crippen LogP contribution in [0.4, 0.5) is 15.8 Å². The molecule has 0 spiro atoms. The van der Waals surface area contributed by atoms with E-state index in [1.165, 1.54) is 31.2 Å². The fraction of sp³-hybridized carbons (Fsp3) is 0.318. The molecule has 0 bridgehead atoms. The normalized spacial score (nSPS) is 18.9. The third-order valence-electron chi connectivity index (χ3n) is 5.12. The van der Waals surface area contributed by atoms with Crippen molar-refractivity contribution in [3.05, 3.63) is 59.9 Å². The summed E-state index contributed by atoms with van der Waals surface area (Å²) in [5.41, 5.74) is 1.73. The number of nitrogens with one attached hydrogen (secondary N) is 2. The van der Waals surface area contributed by atoms with E-state index in [4.69, 9.17) is 0 Å². The van der Waals surface area contributed by atoms with Gasteiger partial charge in [0.15, 0.2) is 5.78 Å². The molecule has 146 valence electrons. The van der Waals surface area contributed by atoms with Crippen LogP contribution in [0.3, 0.4) is 0 Å². The van der Waals surface area contributed by atoms with Gasteiger partial charge in [-0.3, -0.25) is 14.4 Å². The number of benzene rings is 2. The zero-order valence-electron chi connectivity index (χ0n) is 15.7. The topological polar surface area (TPSA) is 75.3 Å². The zero-order chi connectivity index (χ0) is 20.1. The third-order valence-corrected chi connectivity index (χ3v) is 5.12. The van der Waals surface area contributed by atoms with Gasteiger partial charge in [0.1, 0.15) is 5.82 Å². The standard InChI is InChI=1S/C22H23FN2O3/c1-14(26)17-3-2-4-20(13-17)25-22(28)16-7-5-15(6-8-16)21(27)24-19-11-9-18(23)10-12-19/h2-4,9-13,15-16H,5-8H2,1H3,(H,24,27)(H,25,28). The van der Waals surface area contributed by atoms with E-state index in [0.717, 1.165) is 0 Å². The summed E-state index contributed by atoms with van der Waals surface area (Å²) in [6.07, 6.45) is 2.50. The second-order valence-corrected chi connectivity index (χ2v) is 7.17. The molecule has 0 saturated heterocycles. The van der Waals surface area contributed by atoms with Gasteiger partial charge in [-0.05, 0) is 69.0 Å². The van der Waals surface area contributed by atoms with Gasteiger partial charge in [-0.2, -0.15) is 0 Å². The highest BCUT2D eigenvalue weighted by Crippen LogP contribution is 2.30. The summed E-state index contributed by atoms with van der Waals surface area (Å²) in [5.74, 6) is -0.897. The minimum Gasteiger partial charge on any atom is -0.326 e. The molecule has 5 nitrogen and oxygen atoms in total. The smallest absolute Gasteiger partial charge is 0.227 e. The molecule has 0 heterocycles. The Morgan fingerprint density at radius 3 is 1.89 bits per heavy atom. The molecule has 2 N–H and O–H groups in total. The van der Waals surface area contributed by atoms with Crippen LogP contribution in [0, 0.1) is 17.7 Å². The second-order valence-electron chi connectivity index (χ2n) is 7.17. The lowest BCUT2D eigenvalue weighted by Crippen LogP contribution is -2.32. The van der Waals surface area contributed by atoms with Crippen molar-refractivity contribution in [1.82, 2.24) is 0 Å². The molecule has 0 atom stereocenters. The van der Waals surface area contributed by atoms with Gasteiger partial charge in [0.2, 0.25) is 11.8 Å². The average molecular weight is 382 g/mol. The predicted octanol–water partition coefficient (Wildman–Crippen LogP) is 4.41. The van der Waals surface area contributed by atoms with E-state index in [2.05, 4.69) is 10.6 Å². The largest absolute Gasteiger partial charge is 0.326 e. The first-order valence-corrected chi connectivity index (χ1v) is 9.40. The van der Waals surface area contributed by atoms with Crippen molar-refractivity contribution in [2.75, 3.05) is 10.6 Å². The lowest BCUT2D eigenvalue weighted by Gasteiger charge is -2.27. The van der Waals surface area contributed by atoms with Crippen LogP contribution in [0.25, 0.3) is 0 Å². The summed E-state index contributed by atoms with van der Waals surface area (Å²) in [4.78, 5) is 36.4. The van der Waals surface area contributed by atoms with Crippen LogP contribution in [0.15, 0.2) is 48.5 Å². The maximum atomic E-state index is 12.9. The van der Waals surface area contributed by atoms with Crippen molar-refractivity contribution in [3.63, 3.8) is 0 Å². The quantitative estimate of drug-likeness (QED) is 0.752. The molecule has 2 aromatic carbocycles. The second kappa shape index (κ2) is 8.78. The molecule has 1 aliphatic rings. The van der Waals surface area contributed by atoms with Gasteiger partial charge in [-0.1, -0.05) is 12.1 Å². The molecule has 2 amide bonds. The van der Waals surface area contributed by atoms with Crippen LogP contribution in [0.1, 0.15) is 43.0 Å². The van der Waals surface area contributed by atoms with Gasteiger partial charge >= 0.3 is 0 Å². The number of carbonyl (C=O) groups excluding carboxylic acids is 3. The summed E-state index contributed by atoms with van der Waals surface area (Å²) in [6, 6.07) is 12.5. The zero-order valence-corrected chi connectivity index (χ0v) is 15.7. The summed E-state index contributed by atoms with van der Waals surface area (Å²) in [5, 5.41) is 5.67. The number of carbonyl (C=O) groups is 3. The molecule has 6 heteroatoms. The number of Topliss-reactive ketones (excluding diaryl/α,β-unsaturated/α-hetero) is 1. The van der Waals surface area contributed by atoms with Crippen LogP contribution in [0.2, 0.25) is 0 Å². The van der Waals surface area contributed by atoms with Crippen molar-refractivity contribution in [2.24, 2.45) is 11.8 Å². The summed E-state index contributed by atoms with van der Waals surface area (Å²) < 4.78 is 12.9. The number of hydrogen-bond donors (Lipinski definition) is 2. The summed E-state index contributed by atoms with van der Waals surface area (Å²) in [6.45, 7) is 1.49. The van der Waals surface area contributed by atoms with Crippen molar-refractivity contribution in [2.45, 2.75) is 32.6 Å². The molecule has 1 fully saturated rings. The Labute approximate surface area is 163 Å². The molecule has 1 aliphatic carbocycles. The lowest BCUT2D eigenvalue weighted by atomic mass is 9.81. The average Bonchev–Trinajstić information content (AvgIpc) is 2.70. The highest BCUT2D eigenvalue weighted by molar-refractivity contribution is 5.98. The van der Waals surface area contributed by atoms with E-state index in [9.17, 15) is 18.8 Å². The summed E-state index contributed by atoms with van der Waals surface area (Å²) >= 11 is 0. The van der Waals surface area contributed by atoms with Gasteiger partial charge in [-0.15, -0.1) is 0 Å². The highest BCUT2D eigenvalue weighted by atomic mass is 19.1. The minimum atomic E-state index is -0.349. The van der Waals surface area contributed by atoms with E-state index >= 15 is 0 Å². The fourth-order valence-electron chi connectivity index (χ4n) is 3.46. The monoisotopic (exact) mass is 382 g/mol. The van der Waals surface area contributed by atoms with Crippen LogP contribution in [-0.2, 0) is 9.59 Å².